The minimum absolute atomic E-state index is 0.0735. The molecule has 11 heteroatoms. The molecule has 0 spiro atoms. The molecule has 0 N–H and O–H groups in total. The molecular formula is C19H17F3N2O5S. The lowest BCUT2D eigenvalue weighted by molar-refractivity contribution is -0.151. The number of hydrogen-bond donors (Lipinski definition) is 0. The summed E-state index contributed by atoms with van der Waals surface area (Å²) in [6, 6.07) is 5.59. The molecule has 2 saturated heterocycles. The Labute approximate surface area is 173 Å². The van der Waals surface area contributed by atoms with E-state index in [1.807, 2.05) is 0 Å². The Morgan fingerprint density at radius 1 is 1.13 bits per heavy atom. The average molecular weight is 442 g/mol. The zero-order chi connectivity index (χ0) is 21.5. The number of halogens is 3. The van der Waals surface area contributed by atoms with Gasteiger partial charge in [-0.25, -0.2) is 9.97 Å². The minimum Gasteiger partial charge on any atom is -0.493 e. The van der Waals surface area contributed by atoms with E-state index in [1.165, 1.54) is 14.2 Å². The van der Waals surface area contributed by atoms with E-state index in [0.717, 1.165) is 17.8 Å². The zero-order valence-corrected chi connectivity index (χ0v) is 16.7. The van der Waals surface area contributed by atoms with Crippen LogP contribution >= 0.6 is 11.8 Å². The Morgan fingerprint density at radius 2 is 1.90 bits per heavy atom. The number of alkyl halides is 3. The van der Waals surface area contributed by atoms with E-state index in [0.29, 0.717) is 17.1 Å². The normalized spacial score (nSPS) is 23.5. The van der Waals surface area contributed by atoms with Crippen molar-refractivity contribution in [1.29, 1.82) is 0 Å². The molecule has 2 aliphatic rings. The number of carbonyl (C=O) groups is 1. The lowest BCUT2D eigenvalue weighted by Crippen LogP contribution is -2.37. The van der Waals surface area contributed by atoms with Crippen LogP contribution in [0.1, 0.15) is 12.1 Å². The average Bonchev–Trinajstić information content (AvgIpc) is 3.17. The Morgan fingerprint density at radius 3 is 2.60 bits per heavy atom. The lowest BCUT2D eigenvalue weighted by atomic mass is 10.1. The van der Waals surface area contributed by atoms with Crippen molar-refractivity contribution in [2.24, 2.45) is 0 Å². The standard InChI is InChI=1S/C19H17F3N2O5S/c1-26-12-4-3-9(5-13(12)27-2)10-6-16(19(20,21)22)24-18(23-10)30-15-7-11(25)17-28-8-14(15)29-17/h3-6,14-15,17H,7-8H2,1-2H3/t14-,15-,17-/m0/s1. The van der Waals surface area contributed by atoms with Gasteiger partial charge in [-0.2, -0.15) is 13.2 Å². The number of Topliss-reactive ketones (excluding diaryl/α,β-unsaturated/α-hetero) is 1. The molecule has 0 amide bonds. The number of thioether (sulfide) groups is 1. The summed E-state index contributed by atoms with van der Waals surface area (Å²) in [6.07, 6.45) is -5.83. The highest BCUT2D eigenvalue weighted by atomic mass is 32.2. The monoisotopic (exact) mass is 442 g/mol. The van der Waals surface area contributed by atoms with Crippen LogP contribution in [0.3, 0.4) is 0 Å². The maximum atomic E-state index is 13.5. The van der Waals surface area contributed by atoms with Gasteiger partial charge in [0.25, 0.3) is 0 Å². The van der Waals surface area contributed by atoms with Crippen molar-refractivity contribution in [2.45, 2.75) is 35.4 Å². The van der Waals surface area contributed by atoms with Crippen LogP contribution in [0, 0.1) is 0 Å². The number of methoxy groups -OCH3 is 2. The van der Waals surface area contributed by atoms with Crippen LogP contribution in [-0.2, 0) is 20.4 Å². The second kappa shape index (κ2) is 8.05. The van der Waals surface area contributed by atoms with Crippen molar-refractivity contribution >= 4 is 17.5 Å². The third-order valence-corrected chi connectivity index (χ3v) is 5.89. The summed E-state index contributed by atoms with van der Waals surface area (Å²) in [5.74, 6) is 0.555. The van der Waals surface area contributed by atoms with Crippen LogP contribution in [0.4, 0.5) is 13.2 Å². The smallest absolute Gasteiger partial charge is 0.433 e. The topological polar surface area (TPSA) is 79.8 Å². The summed E-state index contributed by atoms with van der Waals surface area (Å²) in [6.45, 7) is 0.204. The first-order valence-electron chi connectivity index (χ1n) is 8.93. The SMILES string of the molecule is COc1ccc(-c2cc(C(F)(F)F)nc(S[C@H]3CC(=O)[C@H]4OC[C@@H]3O4)n2)cc1OC. The first kappa shape index (κ1) is 20.9. The van der Waals surface area contributed by atoms with Gasteiger partial charge in [0.15, 0.2) is 22.4 Å². The number of nitrogens with zero attached hydrogens (tertiary/aromatic N) is 2. The van der Waals surface area contributed by atoms with Gasteiger partial charge in [0.1, 0.15) is 5.69 Å². The number of benzene rings is 1. The second-order valence-corrected chi connectivity index (χ2v) is 7.86. The number of ketones is 1. The summed E-state index contributed by atoms with van der Waals surface area (Å²) < 4.78 is 61.5. The molecule has 2 fully saturated rings. The molecule has 7 nitrogen and oxygen atoms in total. The first-order chi connectivity index (χ1) is 14.3. The van der Waals surface area contributed by atoms with Gasteiger partial charge in [-0.05, 0) is 24.3 Å². The van der Waals surface area contributed by atoms with E-state index in [2.05, 4.69) is 9.97 Å². The Kier molecular flexibility index (Phi) is 5.60. The highest BCUT2D eigenvalue weighted by Gasteiger charge is 2.44. The summed E-state index contributed by atoms with van der Waals surface area (Å²) in [4.78, 5) is 20.0. The second-order valence-electron chi connectivity index (χ2n) is 6.66. The molecule has 160 valence electrons. The van der Waals surface area contributed by atoms with Crippen LogP contribution in [-0.4, -0.2) is 54.2 Å². The molecule has 2 aromatic rings. The number of fused-ring (bicyclic) bond motifs is 2. The van der Waals surface area contributed by atoms with Gasteiger partial charge in [-0.3, -0.25) is 4.79 Å². The fraction of sp³-hybridized carbons (Fsp3) is 0.421. The highest BCUT2D eigenvalue weighted by molar-refractivity contribution is 7.99. The Hall–Kier alpha value is -2.37. The molecule has 2 aliphatic heterocycles. The van der Waals surface area contributed by atoms with Crippen LogP contribution in [0.25, 0.3) is 11.3 Å². The predicted octanol–water partition coefficient (Wildman–Crippen LogP) is 3.35. The molecule has 1 aromatic carbocycles. The van der Waals surface area contributed by atoms with Crippen molar-refractivity contribution in [2.75, 3.05) is 20.8 Å². The van der Waals surface area contributed by atoms with E-state index >= 15 is 0 Å². The fourth-order valence-corrected chi connectivity index (χ4v) is 4.34. The molecular weight excluding hydrogens is 425 g/mol. The summed E-state index contributed by atoms with van der Waals surface area (Å²) in [7, 11) is 2.89. The van der Waals surface area contributed by atoms with E-state index in [4.69, 9.17) is 18.9 Å². The van der Waals surface area contributed by atoms with Crippen molar-refractivity contribution in [3.05, 3.63) is 30.0 Å². The van der Waals surface area contributed by atoms with Gasteiger partial charge in [0.05, 0.1) is 32.6 Å². The number of aromatic nitrogens is 2. The van der Waals surface area contributed by atoms with E-state index < -0.39 is 29.5 Å². The molecule has 0 radical (unpaired) electrons. The minimum atomic E-state index is -4.66. The molecule has 30 heavy (non-hydrogen) atoms. The van der Waals surface area contributed by atoms with Crippen molar-refractivity contribution < 1.29 is 36.9 Å². The van der Waals surface area contributed by atoms with Gasteiger partial charge in [0.2, 0.25) is 6.29 Å². The molecule has 0 unspecified atom stereocenters. The van der Waals surface area contributed by atoms with Crippen molar-refractivity contribution in [3.8, 4) is 22.8 Å². The summed E-state index contributed by atoms with van der Waals surface area (Å²) in [5.41, 5.74) is -0.597. The third kappa shape index (κ3) is 4.09. The summed E-state index contributed by atoms with van der Waals surface area (Å²) in [5, 5.41) is -0.528. The molecule has 0 saturated carbocycles. The van der Waals surface area contributed by atoms with Gasteiger partial charge >= 0.3 is 6.18 Å². The largest absolute Gasteiger partial charge is 0.493 e. The van der Waals surface area contributed by atoms with E-state index in [9.17, 15) is 18.0 Å². The lowest BCUT2D eigenvalue weighted by Gasteiger charge is -2.25. The maximum Gasteiger partial charge on any atom is 0.433 e. The van der Waals surface area contributed by atoms with Crippen LogP contribution in [0.5, 0.6) is 11.5 Å². The van der Waals surface area contributed by atoms with E-state index in [1.54, 1.807) is 18.2 Å². The molecule has 2 bridgehead atoms. The van der Waals surface area contributed by atoms with Gasteiger partial charge in [0, 0.05) is 17.2 Å². The summed E-state index contributed by atoms with van der Waals surface area (Å²) >= 11 is 0.980. The van der Waals surface area contributed by atoms with Crippen molar-refractivity contribution in [1.82, 2.24) is 9.97 Å². The number of ether oxygens (including phenoxy) is 4. The van der Waals surface area contributed by atoms with Crippen LogP contribution in [0.15, 0.2) is 29.4 Å². The molecule has 3 atom stereocenters. The van der Waals surface area contributed by atoms with Crippen molar-refractivity contribution in [3.63, 3.8) is 0 Å². The molecule has 3 heterocycles. The number of hydrogen-bond acceptors (Lipinski definition) is 8. The Balaban J connectivity index is 1.70. The molecule has 4 rings (SSSR count). The Bertz CT molecular complexity index is 972. The number of rotatable bonds is 5. The van der Waals surface area contributed by atoms with E-state index in [-0.39, 0.29) is 29.7 Å². The van der Waals surface area contributed by atoms with Gasteiger partial charge < -0.3 is 18.9 Å². The third-order valence-electron chi connectivity index (χ3n) is 4.72. The van der Waals surface area contributed by atoms with Gasteiger partial charge in [-0.15, -0.1) is 0 Å². The van der Waals surface area contributed by atoms with Crippen LogP contribution < -0.4 is 9.47 Å². The quantitative estimate of drug-likeness (QED) is 0.653. The molecule has 0 aliphatic carbocycles. The number of carbonyl (C=O) groups excluding carboxylic acids is 1. The zero-order valence-electron chi connectivity index (χ0n) is 15.9. The fourth-order valence-electron chi connectivity index (χ4n) is 3.23. The maximum absolute atomic E-state index is 13.5. The molecule has 1 aromatic heterocycles. The highest BCUT2D eigenvalue weighted by Crippen LogP contribution is 2.39. The first-order valence-corrected chi connectivity index (χ1v) is 9.81. The predicted molar refractivity (Wildman–Crippen MR) is 99.5 cm³/mol. The van der Waals surface area contributed by atoms with Crippen LogP contribution in [0.2, 0.25) is 0 Å². The van der Waals surface area contributed by atoms with Gasteiger partial charge in [-0.1, -0.05) is 11.8 Å².